The van der Waals surface area contributed by atoms with Crippen molar-refractivity contribution in [3.8, 4) is 0 Å². The Kier molecular flexibility index (Phi) is 5.82. The molecule has 1 saturated heterocycles. The van der Waals surface area contributed by atoms with Gasteiger partial charge in [0.15, 0.2) is 0 Å². The molecule has 1 aliphatic rings. The van der Waals surface area contributed by atoms with E-state index in [0.29, 0.717) is 11.8 Å². The van der Waals surface area contributed by atoms with Crippen LogP contribution in [0.4, 0.5) is 0 Å². The summed E-state index contributed by atoms with van der Waals surface area (Å²) in [6.45, 7) is 9.71. The van der Waals surface area contributed by atoms with E-state index in [1.54, 1.807) is 11.3 Å². The fourth-order valence-electron chi connectivity index (χ4n) is 2.72. The van der Waals surface area contributed by atoms with Crippen LogP contribution in [0.5, 0.6) is 0 Å². The molecule has 1 aliphatic heterocycles. The van der Waals surface area contributed by atoms with Crippen molar-refractivity contribution in [1.82, 2.24) is 10.2 Å². The molecule has 0 aromatic carbocycles. The Hall–Kier alpha value is -0.870. The number of hydrogen-bond donors (Lipinski definition) is 1. The van der Waals surface area contributed by atoms with Gasteiger partial charge in [0.25, 0.3) is 0 Å². The smallest absolute Gasteiger partial charge is 0.241 e. The SMILES string of the molecule is CCCCC1NC(c2ccsc2)N(CC(C)C(C)C)C1=O. The predicted octanol–water partition coefficient (Wildman–Crippen LogP) is 4.03. The minimum absolute atomic E-state index is 0.00536. The number of unbranched alkanes of at least 4 members (excludes halogenated alkanes) is 1. The lowest BCUT2D eigenvalue weighted by Crippen LogP contribution is -2.35. The molecule has 0 radical (unpaired) electrons. The molecule has 0 spiro atoms. The molecule has 1 aromatic heterocycles. The molecule has 21 heavy (non-hydrogen) atoms. The number of nitrogens with one attached hydrogen (secondary N) is 1. The van der Waals surface area contributed by atoms with Gasteiger partial charge in [-0.25, -0.2) is 0 Å². The Bertz CT molecular complexity index is 444. The van der Waals surface area contributed by atoms with Crippen LogP contribution in [-0.4, -0.2) is 23.4 Å². The van der Waals surface area contributed by atoms with Crippen molar-refractivity contribution in [2.75, 3.05) is 6.54 Å². The highest BCUT2D eigenvalue weighted by Crippen LogP contribution is 2.30. The Labute approximate surface area is 132 Å². The minimum atomic E-state index is -0.00536. The van der Waals surface area contributed by atoms with E-state index in [2.05, 4.69) is 54.7 Å². The lowest BCUT2D eigenvalue weighted by Gasteiger charge is -2.28. The van der Waals surface area contributed by atoms with Crippen molar-refractivity contribution in [2.45, 2.75) is 59.2 Å². The van der Waals surface area contributed by atoms with E-state index in [1.165, 1.54) is 5.56 Å². The van der Waals surface area contributed by atoms with Crippen molar-refractivity contribution in [2.24, 2.45) is 11.8 Å². The number of rotatable bonds is 7. The van der Waals surface area contributed by atoms with Crippen LogP contribution in [0.25, 0.3) is 0 Å². The summed E-state index contributed by atoms with van der Waals surface area (Å²) in [5.74, 6) is 1.39. The third-order valence-electron chi connectivity index (χ3n) is 4.58. The van der Waals surface area contributed by atoms with Gasteiger partial charge in [-0.1, -0.05) is 40.5 Å². The first kappa shape index (κ1) is 16.5. The molecule has 4 heteroatoms. The van der Waals surface area contributed by atoms with Gasteiger partial charge in [0, 0.05) is 6.54 Å². The summed E-state index contributed by atoms with van der Waals surface area (Å²) in [6, 6.07) is 2.12. The van der Waals surface area contributed by atoms with E-state index < -0.39 is 0 Å². The number of hydrogen-bond acceptors (Lipinski definition) is 3. The van der Waals surface area contributed by atoms with Gasteiger partial charge in [0.05, 0.1) is 6.04 Å². The van der Waals surface area contributed by atoms with Crippen molar-refractivity contribution < 1.29 is 4.79 Å². The van der Waals surface area contributed by atoms with Crippen molar-refractivity contribution in [3.05, 3.63) is 22.4 Å². The van der Waals surface area contributed by atoms with Crippen LogP contribution >= 0.6 is 11.3 Å². The second kappa shape index (κ2) is 7.41. The highest BCUT2D eigenvalue weighted by molar-refractivity contribution is 7.07. The second-order valence-corrected chi connectivity index (χ2v) is 7.31. The third-order valence-corrected chi connectivity index (χ3v) is 5.28. The lowest BCUT2D eigenvalue weighted by atomic mass is 9.97. The van der Waals surface area contributed by atoms with Crippen LogP contribution < -0.4 is 5.32 Å². The average Bonchev–Trinajstić information content (AvgIpc) is 3.07. The van der Waals surface area contributed by atoms with Gasteiger partial charge >= 0.3 is 0 Å². The van der Waals surface area contributed by atoms with Gasteiger partial charge < -0.3 is 4.90 Å². The van der Waals surface area contributed by atoms with E-state index in [4.69, 9.17) is 0 Å². The van der Waals surface area contributed by atoms with Crippen LogP contribution in [0.15, 0.2) is 16.8 Å². The summed E-state index contributed by atoms with van der Waals surface area (Å²) in [5, 5.41) is 7.80. The molecule has 1 amide bonds. The molecule has 1 N–H and O–H groups in total. The first-order valence-electron chi connectivity index (χ1n) is 8.13. The van der Waals surface area contributed by atoms with Gasteiger partial charge in [-0.3, -0.25) is 10.1 Å². The molecular formula is C17H28N2OS. The van der Waals surface area contributed by atoms with E-state index in [0.717, 1.165) is 25.8 Å². The molecule has 0 bridgehead atoms. The fraction of sp³-hybridized carbons (Fsp3) is 0.706. The van der Waals surface area contributed by atoms with E-state index >= 15 is 0 Å². The number of carbonyl (C=O) groups excluding carboxylic acids is 1. The van der Waals surface area contributed by atoms with E-state index in [9.17, 15) is 4.79 Å². The fourth-order valence-corrected chi connectivity index (χ4v) is 3.40. The highest BCUT2D eigenvalue weighted by atomic mass is 32.1. The predicted molar refractivity (Wildman–Crippen MR) is 89.2 cm³/mol. The zero-order valence-corrected chi connectivity index (χ0v) is 14.5. The van der Waals surface area contributed by atoms with Crippen LogP contribution in [0.3, 0.4) is 0 Å². The summed E-state index contributed by atoms with van der Waals surface area (Å²) < 4.78 is 0. The summed E-state index contributed by atoms with van der Waals surface area (Å²) in [6.07, 6.45) is 3.25. The Balaban J connectivity index is 2.13. The van der Waals surface area contributed by atoms with Gasteiger partial charge in [-0.05, 0) is 40.6 Å². The standard InChI is InChI=1S/C17H28N2OS/c1-5-6-7-15-17(20)19(10-13(4)12(2)3)16(18-15)14-8-9-21-11-14/h8-9,11-13,15-16,18H,5-7,10H2,1-4H3. The van der Waals surface area contributed by atoms with Gasteiger partial charge in [0.2, 0.25) is 5.91 Å². The van der Waals surface area contributed by atoms with E-state index in [1.807, 2.05) is 0 Å². The van der Waals surface area contributed by atoms with Crippen LogP contribution in [-0.2, 0) is 4.79 Å². The zero-order valence-electron chi connectivity index (χ0n) is 13.6. The van der Waals surface area contributed by atoms with Gasteiger partial charge in [-0.2, -0.15) is 11.3 Å². The number of amides is 1. The average molecular weight is 308 g/mol. The topological polar surface area (TPSA) is 32.3 Å². The first-order valence-corrected chi connectivity index (χ1v) is 9.07. The highest BCUT2D eigenvalue weighted by Gasteiger charge is 2.39. The summed E-state index contributed by atoms with van der Waals surface area (Å²) >= 11 is 1.70. The molecule has 2 heterocycles. The molecule has 3 unspecified atom stereocenters. The van der Waals surface area contributed by atoms with E-state index in [-0.39, 0.29) is 18.1 Å². The summed E-state index contributed by atoms with van der Waals surface area (Å²) in [5.41, 5.74) is 1.23. The minimum Gasteiger partial charge on any atom is -0.321 e. The Morgan fingerprint density at radius 1 is 1.38 bits per heavy atom. The van der Waals surface area contributed by atoms with Crippen molar-refractivity contribution in [3.63, 3.8) is 0 Å². The second-order valence-electron chi connectivity index (χ2n) is 6.53. The molecule has 1 fully saturated rings. The molecule has 3 nitrogen and oxygen atoms in total. The van der Waals surface area contributed by atoms with Crippen LogP contribution in [0, 0.1) is 11.8 Å². The molecule has 0 saturated carbocycles. The third kappa shape index (κ3) is 3.86. The molecular weight excluding hydrogens is 280 g/mol. The largest absolute Gasteiger partial charge is 0.321 e. The molecule has 3 atom stereocenters. The molecule has 0 aliphatic carbocycles. The van der Waals surface area contributed by atoms with Crippen molar-refractivity contribution >= 4 is 17.2 Å². The maximum atomic E-state index is 12.7. The number of nitrogens with zero attached hydrogens (tertiary/aromatic N) is 1. The maximum Gasteiger partial charge on any atom is 0.241 e. The normalized spacial score (nSPS) is 24.0. The quantitative estimate of drug-likeness (QED) is 0.825. The zero-order chi connectivity index (χ0) is 15.4. The lowest BCUT2D eigenvalue weighted by molar-refractivity contribution is -0.131. The summed E-state index contributed by atoms with van der Waals surface area (Å²) in [7, 11) is 0. The van der Waals surface area contributed by atoms with Crippen LogP contribution in [0.1, 0.15) is 58.7 Å². The number of thiophene rings is 1. The van der Waals surface area contributed by atoms with Crippen molar-refractivity contribution in [1.29, 1.82) is 0 Å². The molecule has 1 aromatic rings. The Morgan fingerprint density at radius 2 is 2.14 bits per heavy atom. The molecule has 118 valence electrons. The number of carbonyl (C=O) groups is 1. The van der Waals surface area contributed by atoms with Gasteiger partial charge in [-0.15, -0.1) is 0 Å². The van der Waals surface area contributed by atoms with Gasteiger partial charge in [0.1, 0.15) is 6.17 Å². The first-order chi connectivity index (χ1) is 10.0. The Morgan fingerprint density at radius 3 is 2.71 bits per heavy atom. The molecule has 2 rings (SSSR count). The maximum absolute atomic E-state index is 12.7. The monoisotopic (exact) mass is 308 g/mol. The summed E-state index contributed by atoms with van der Waals surface area (Å²) in [4.78, 5) is 14.8. The van der Waals surface area contributed by atoms with Crippen LogP contribution in [0.2, 0.25) is 0 Å².